The van der Waals surface area contributed by atoms with E-state index >= 15 is 0 Å². The minimum Gasteiger partial charge on any atom is -0.383 e. The number of carbonyl (C=O) groups excluding carboxylic acids is 1. The number of aryl methyl sites for hydroxylation is 2. The molecule has 0 aliphatic rings. The Morgan fingerprint density at radius 2 is 1.91 bits per heavy atom. The van der Waals surface area contributed by atoms with Gasteiger partial charge in [0.05, 0.1) is 29.4 Å². The maximum Gasteiger partial charge on any atom is 0.417 e. The molecule has 1 amide bonds. The number of halogens is 3. The number of rotatable bonds is 5. The molecule has 0 aliphatic heterocycles. The van der Waals surface area contributed by atoms with E-state index in [1.165, 1.54) is 11.0 Å². The van der Waals surface area contributed by atoms with Crippen LogP contribution in [0, 0.1) is 13.8 Å². The Balaban J connectivity index is 1.70. The Hall–Kier alpha value is -3.95. The summed E-state index contributed by atoms with van der Waals surface area (Å²) in [5.74, 6) is 0.648. The zero-order valence-corrected chi connectivity index (χ0v) is 18.7. The lowest BCUT2D eigenvalue weighted by molar-refractivity contribution is -0.137. The van der Waals surface area contributed by atoms with Gasteiger partial charge in [-0.25, -0.2) is 4.98 Å². The van der Waals surface area contributed by atoms with E-state index in [9.17, 15) is 18.0 Å². The van der Waals surface area contributed by atoms with Gasteiger partial charge < -0.3 is 15.2 Å². The van der Waals surface area contributed by atoms with E-state index in [4.69, 9.17) is 10.3 Å². The lowest BCUT2D eigenvalue weighted by atomic mass is 10.1. The van der Waals surface area contributed by atoms with Crippen LogP contribution in [-0.2, 0) is 12.7 Å². The van der Waals surface area contributed by atoms with E-state index in [0.29, 0.717) is 34.0 Å². The standard InChI is InChI=1S/C24H22F3N5O2/c1-13-8-17-10-16(4-7-20(17)30-22(13)28)23(33)32(15(3)21-9-14(2)34-31-21)12-19-6-5-18(11-29-19)24(25,26)27/h4-11,15H,12H2,1-3H3,(H2,28,30). The topological polar surface area (TPSA) is 98.1 Å². The zero-order chi connectivity index (χ0) is 24.6. The quantitative estimate of drug-likeness (QED) is 0.429. The maximum atomic E-state index is 13.6. The predicted octanol–water partition coefficient (Wildman–Crippen LogP) is 5.24. The average molecular weight is 469 g/mol. The third-order valence-electron chi connectivity index (χ3n) is 5.58. The van der Waals surface area contributed by atoms with Gasteiger partial charge in [0.2, 0.25) is 0 Å². The van der Waals surface area contributed by atoms with Crippen LogP contribution in [0.5, 0.6) is 0 Å². The van der Waals surface area contributed by atoms with Crippen LogP contribution in [-0.4, -0.2) is 25.9 Å². The second kappa shape index (κ2) is 8.77. The van der Waals surface area contributed by atoms with Crippen LogP contribution in [0.2, 0.25) is 0 Å². The van der Waals surface area contributed by atoms with Crippen molar-refractivity contribution in [3.63, 3.8) is 0 Å². The fraction of sp³-hybridized carbons (Fsp3) is 0.250. The fourth-order valence-corrected chi connectivity index (χ4v) is 3.58. The Labute approximate surface area is 193 Å². The van der Waals surface area contributed by atoms with Crippen LogP contribution in [0.3, 0.4) is 0 Å². The molecule has 4 rings (SSSR count). The van der Waals surface area contributed by atoms with Crippen molar-refractivity contribution in [2.45, 2.75) is 39.5 Å². The number of pyridine rings is 2. The smallest absolute Gasteiger partial charge is 0.383 e. The normalized spacial score (nSPS) is 12.6. The summed E-state index contributed by atoms with van der Waals surface area (Å²) in [6.45, 7) is 5.30. The largest absolute Gasteiger partial charge is 0.417 e. The minimum atomic E-state index is -4.49. The molecule has 10 heteroatoms. The summed E-state index contributed by atoms with van der Waals surface area (Å²) in [7, 11) is 0. The van der Waals surface area contributed by atoms with E-state index in [-0.39, 0.29) is 12.5 Å². The first-order valence-electron chi connectivity index (χ1n) is 10.5. The van der Waals surface area contributed by atoms with Crippen LogP contribution < -0.4 is 5.73 Å². The lowest BCUT2D eigenvalue weighted by Gasteiger charge is -2.28. The number of amides is 1. The first kappa shape index (κ1) is 23.2. The van der Waals surface area contributed by atoms with Crippen molar-refractivity contribution in [3.05, 3.63) is 82.5 Å². The highest BCUT2D eigenvalue weighted by atomic mass is 19.4. The van der Waals surface area contributed by atoms with Crippen molar-refractivity contribution < 1.29 is 22.5 Å². The molecule has 0 radical (unpaired) electrons. The van der Waals surface area contributed by atoms with Crippen molar-refractivity contribution >= 4 is 22.6 Å². The second-order valence-electron chi connectivity index (χ2n) is 8.11. The molecular weight excluding hydrogens is 447 g/mol. The van der Waals surface area contributed by atoms with Crippen LogP contribution in [0.25, 0.3) is 10.9 Å². The molecule has 176 valence electrons. The van der Waals surface area contributed by atoms with Crippen LogP contribution in [0.15, 0.2) is 53.2 Å². The van der Waals surface area contributed by atoms with Gasteiger partial charge in [0, 0.05) is 23.2 Å². The Kier molecular flexibility index (Phi) is 5.99. The van der Waals surface area contributed by atoms with E-state index < -0.39 is 17.8 Å². The molecule has 0 saturated heterocycles. The van der Waals surface area contributed by atoms with Crippen molar-refractivity contribution in [3.8, 4) is 0 Å². The van der Waals surface area contributed by atoms with Crippen LogP contribution in [0.4, 0.5) is 19.0 Å². The second-order valence-corrected chi connectivity index (χ2v) is 8.11. The highest BCUT2D eigenvalue weighted by Gasteiger charge is 2.31. The summed E-state index contributed by atoms with van der Waals surface area (Å²) in [5.41, 5.74) is 7.67. The van der Waals surface area contributed by atoms with Gasteiger partial charge in [-0.15, -0.1) is 0 Å². The van der Waals surface area contributed by atoms with E-state index in [2.05, 4.69) is 15.1 Å². The fourth-order valence-electron chi connectivity index (χ4n) is 3.58. The molecule has 1 aromatic carbocycles. The first-order chi connectivity index (χ1) is 16.0. The molecule has 1 atom stereocenters. The molecular formula is C24H22F3N5O2. The molecule has 3 aromatic heterocycles. The van der Waals surface area contributed by atoms with Gasteiger partial charge >= 0.3 is 6.18 Å². The summed E-state index contributed by atoms with van der Waals surface area (Å²) in [6.07, 6.45) is -3.73. The first-order valence-corrected chi connectivity index (χ1v) is 10.5. The summed E-state index contributed by atoms with van der Waals surface area (Å²) >= 11 is 0. The summed E-state index contributed by atoms with van der Waals surface area (Å²) in [4.78, 5) is 23.4. The number of carbonyl (C=O) groups is 1. The zero-order valence-electron chi connectivity index (χ0n) is 18.7. The van der Waals surface area contributed by atoms with Crippen LogP contribution in [0.1, 0.15) is 51.6 Å². The molecule has 0 aliphatic carbocycles. The Morgan fingerprint density at radius 3 is 2.53 bits per heavy atom. The number of hydrogen-bond acceptors (Lipinski definition) is 6. The lowest BCUT2D eigenvalue weighted by Crippen LogP contribution is -2.33. The van der Waals surface area contributed by atoms with Gasteiger partial charge in [-0.05, 0) is 62.7 Å². The third-order valence-corrected chi connectivity index (χ3v) is 5.58. The number of anilines is 1. The minimum absolute atomic E-state index is 0.0267. The maximum absolute atomic E-state index is 13.6. The predicted molar refractivity (Wildman–Crippen MR) is 120 cm³/mol. The van der Waals surface area contributed by atoms with E-state index in [1.54, 1.807) is 38.1 Å². The molecule has 3 heterocycles. The summed E-state index contributed by atoms with van der Waals surface area (Å²) in [6, 6.07) is 10.3. The van der Waals surface area contributed by atoms with E-state index in [1.807, 2.05) is 13.0 Å². The van der Waals surface area contributed by atoms with Gasteiger partial charge in [-0.2, -0.15) is 13.2 Å². The monoisotopic (exact) mass is 469 g/mol. The number of benzene rings is 1. The number of hydrogen-bond donors (Lipinski definition) is 1. The van der Waals surface area contributed by atoms with Crippen molar-refractivity contribution in [1.82, 2.24) is 20.0 Å². The average Bonchev–Trinajstić information content (AvgIpc) is 3.23. The van der Waals surface area contributed by atoms with Crippen molar-refractivity contribution in [2.75, 3.05) is 5.73 Å². The number of nitrogen functional groups attached to an aromatic ring is 1. The SMILES string of the molecule is Cc1cc(C(C)N(Cc2ccc(C(F)(F)F)cn2)C(=O)c2ccc3nc(N)c(C)cc3c2)no1. The number of nitrogens with two attached hydrogens (primary N) is 1. The van der Waals surface area contributed by atoms with Gasteiger partial charge in [-0.3, -0.25) is 9.78 Å². The molecule has 0 spiro atoms. The van der Waals surface area contributed by atoms with Gasteiger partial charge in [0.25, 0.3) is 5.91 Å². The van der Waals surface area contributed by atoms with Crippen LogP contribution >= 0.6 is 0 Å². The van der Waals surface area contributed by atoms with Crippen molar-refractivity contribution in [2.24, 2.45) is 0 Å². The highest BCUT2D eigenvalue weighted by molar-refractivity contribution is 5.98. The number of fused-ring (bicyclic) bond motifs is 1. The number of nitrogens with zero attached hydrogens (tertiary/aromatic N) is 4. The molecule has 0 bridgehead atoms. The molecule has 2 N–H and O–H groups in total. The number of alkyl halides is 3. The summed E-state index contributed by atoms with van der Waals surface area (Å²) < 4.78 is 43.9. The molecule has 0 saturated carbocycles. The Bertz CT molecular complexity index is 1350. The van der Waals surface area contributed by atoms with Gasteiger partial charge in [-0.1, -0.05) is 5.16 Å². The third kappa shape index (κ3) is 4.70. The molecule has 7 nitrogen and oxygen atoms in total. The molecule has 1 unspecified atom stereocenters. The molecule has 34 heavy (non-hydrogen) atoms. The van der Waals surface area contributed by atoms with E-state index in [0.717, 1.165) is 23.2 Å². The summed E-state index contributed by atoms with van der Waals surface area (Å²) in [5, 5.41) is 4.76. The molecule has 0 fully saturated rings. The van der Waals surface area contributed by atoms with Gasteiger partial charge in [0.1, 0.15) is 17.3 Å². The van der Waals surface area contributed by atoms with Gasteiger partial charge in [0.15, 0.2) is 0 Å². The molecule has 4 aromatic rings. The highest BCUT2D eigenvalue weighted by Crippen LogP contribution is 2.30. The van der Waals surface area contributed by atoms with Crippen molar-refractivity contribution in [1.29, 1.82) is 0 Å². The number of aromatic nitrogens is 3. The Morgan fingerprint density at radius 1 is 1.15 bits per heavy atom.